The number of aromatic nitrogens is 4. The second kappa shape index (κ2) is 5.94. The van der Waals surface area contributed by atoms with Gasteiger partial charge in [0.15, 0.2) is 5.82 Å². The molecule has 0 aliphatic carbocycles. The predicted octanol–water partition coefficient (Wildman–Crippen LogP) is 0.852. The lowest BCUT2D eigenvalue weighted by Crippen LogP contribution is -2.10. The minimum Gasteiger partial charge on any atom is -0.469 e. The van der Waals surface area contributed by atoms with Crippen LogP contribution in [-0.4, -0.2) is 39.4 Å². The van der Waals surface area contributed by atoms with Crippen molar-refractivity contribution >= 4 is 11.8 Å². The van der Waals surface area contributed by atoms with E-state index in [0.717, 1.165) is 5.82 Å². The summed E-state index contributed by atoms with van der Waals surface area (Å²) < 4.78 is 6.41. The smallest absolute Gasteiger partial charge is 0.307 e. The second-order valence-corrected chi connectivity index (χ2v) is 3.92. The van der Waals surface area contributed by atoms with Crippen molar-refractivity contribution in [2.24, 2.45) is 7.05 Å². The summed E-state index contributed by atoms with van der Waals surface area (Å²) in [5.41, 5.74) is 0.700. The minimum atomic E-state index is -0.259. The van der Waals surface area contributed by atoms with Crippen LogP contribution in [0, 0.1) is 0 Å². The molecule has 100 valence electrons. The zero-order chi connectivity index (χ0) is 13.7. The number of hydrogen-bond acceptors (Lipinski definition) is 6. The largest absolute Gasteiger partial charge is 0.469 e. The van der Waals surface area contributed by atoms with E-state index in [0.29, 0.717) is 24.5 Å². The summed E-state index contributed by atoms with van der Waals surface area (Å²) in [4.78, 5) is 15.1. The topological polar surface area (TPSA) is 81.9 Å². The fraction of sp³-hybridized carbons (Fsp3) is 0.333. The molecule has 0 unspecified atom stereocenters. The van der Waals surface area contributed by atoms with E-state index in [-0.39, 0.29) is 5.97 Å². The van der Waals surface area contributed by atoms with Gasteiger partial charge in [0.25, 0.3) is 0 Å². The highest BCUT2D eigenvalue weighted by atomic mass is 16.5. The maximum absolute atomic E-state index is 10.9. The Hall–Kier alpha value is -2.44. The van der Waals surface area contributed by atoms with Crippen molar-refractivity contribution < 1.29 is 9.53 Å². The first-order chi connectivity index (χ1) is 9.20. The quantitative estimate of drug-likeness (QED) is 0.804. The van der Waals surface area contributed by atoms with Gasteiger partial charge in [-0.15, -0.1) is 10.2 Å². The SMILES string of the molecule is COC(=O)CCNc1ccc(-c2nccn2C)nn1. The Kier molecular flexibility index (Phi) is 4.07. The zero-order valence-corrected chi connectivity index (χ0v) is 10.8. The Bertz CT molecular complexity index is 550. The van der Waals surface area contributed by atoms with Gasteiger partial charge in [0.05, 0.1) is 13.5 Å². The van der Waals surface area contributed by atoms with Gasteiger partial charge in [-0.05, 0) is 12.1 Å². The summed E-state index contributed by atoms with van der Waals surface area (Å²) in [5.74, 6) is 1.11. The fourth-order valence-electron chi connectivity index (χ4n) is 1.55. The first kappa shape index (κ1) is 13.0. The molecule has 2 heterocycles. The molecular formula is C12H15N5O2. The summed E-state index contributed by atoms with van der Waals surface area (Å²) in [6.45, 7) is 0.461. The molecule has 7 heteroatoms. The number of ether oxygens (including phenoxy) is 1. The number of esters is 1. The van der Waals surface area contributed by atoms with Crippen LogP contribution >= 0.6 is 0 Å². The van der Waals surface area contributed by atoms with Crippen LogP contribution in [0.15, 0.2) is 24.5 Å². The van der Waals surface area contributed by atoms with E-state index < -0.39 is 0 Å². The Labute approximate surface area is 110 Å². The number of carbonyl (C=O) groups is 1. The van der Waals surface area contributed by atoms with Crippen LogP contribution in [0.4, 0.5) is 5.82 Å². The molecule has 0 bridgehead atoms. The summed E-state index contributed by atoms with van der Waals surface area (Å²) in [5, 5.41) is 11.1. The van der Waals surface area contributed by atoms with Crippen molar-refractivity contribution in [3.63, 3.8) is 0 Å². The summed E-state index contributed by atoms with van der Waals surface area (Å²) >= 11 is 0. The van der Waals surface area contributed by atoms with Crippen molar-refractivity contribution in [2.45, 2.75) is 6.42 Å². The molecule has 2 rings (SSSR count). The van der Waals surface area contributed by atoms with Crippen LogP contribution in [0.1, 0.15) is 6.42 Å². The third kappa shape index (κ3) is 3.27. The molecule has 0 saturated carbocycles. The number of nitrogens with one attached hydrogen (secondary N) is 1. The van der Waals surface area contributed by atoms with Crippen LogP contribution in [-0.2, 0) is 16.6 Å². The highest BCUT2D eigenvalue weighted by Crippen LogP contribution is 2.13. The predicted molar refractivity (Wildman–Crippen MR) is 69.4 cm³/mol. The maximum atomic E-state index is 10.9. The van der Waals surface area contributed by atoms with E-state index in [1.54, 1.807) is 12.3 Å². The Morgan fingerprint density at radius 3 is 2.84 bits per heavy atom. The molecule has 0 fully saturated rings. The van der Waals surface area contributed by atoms with Gasteiger partial charge in [0.2, 0.25) is 0 Å². The molecule has 0 radical (unpaired) electrons. The lowest BCUT2D eigenvalue weighted by Gasteiger charge is -2.05. The first-order valence-corrected chi connectivity index (χ1v) is 5.83. The molecule has 0 aliphatic heterocycles. The van der Waals surface area contributed by atoms with Crippen LogP contribution in [0.25, 0.3) is 11.5 Å². The lowest BCUT2D eigenvalue weighted by atomic mass is 10.3. The summed E-state index contributed by atoms with van der Waals surface area (Å²) in [6, 6.07) is 3.63. The standard InChI is InChI=1S/C12H15N5O2/c1-17-8-7-14-12(17)9-3-4-10(16-15-9)13-6-5-11(18)19-2/h3-4,7-8H,5-6H2,1-2H3,(H,13,16). The van der Waals surface area contributed by atoms with Gasteiger partial charge in [0, 0.05) is 26.0 Å². The summed E-state index contributed by atoms with van der Waals surface area (Å²) in [6.07, 6.45) is 3.85. The molecule has 0 amide bonds. The van der Waals surface area contributed by atoms with Gasteiger partial charge in [-0.25, -0.2) is 4.98 Å². The van der Waals surface area contributed by atoms with E-state index in [1.165, 1.54) is 7.11 Å². The maximum Gasteiger partial charge on any atom is 0.307 e. The number of aryl methyl sites for hydroxylation is 1. The molecule has 7 nitrogen and oxygen atoms in total. The van der Waals surface area contributed by atoms with Gasteiger partial charge in [-0.2, -0.15) is 0 Å². The van der Waals surface area contributed by atoms with Crippen LogP contribution in [0.2, 0.25) is 0 Å². The average Bonchev–Trinajstić information content (AvgIpc) is 2.85. The molecule has 1 N–H and O–H groups in total. The Balaban J connectivity index is 1.95. The highest BCUT2D eigenvalue weighted by molar-refractivity contribution is 5.69. The van der Waals surface area contributed by atoms with E-state index in [9.17, 15) is 4.79 Å². The molecule has 2 aromatic rings. The number of hydrogen-bond donors (Lipinski definition) is 1. The van der Waals surface area contributed by atoms with Gasteiger partial charge < -0.3 is 14.6 Å². The van der Waals surface area contributed by atoms with Crippen molar-refractivity contribution in [1.29, 1.82) is 0 Å². The molecule has 0 spiro atoms. The van der Waals surface area contributed by atoms with Crippen molar-refractivity contribution in [3.05, 3.63) is 24.5 Å². The number of nitrogens with zero attached hydrogens (tertiary/aromatic N) is 4. The molecule has 2 aromatic heterocycles. The number of anilines is 1. The molecule has 0 aromatic carbocycles. The van der Waals surface area contributed by atoms with Gasteiger partial charge in [0.1, 0.15) is 11.5 Å². The minimum absolute atomic E-state index is 0.259. The average molecular weight is 261 g/mol. The normalized spacial score (nSPS) is 10.2. The molecular weight excluding hydrogens is 246 g/mol. The highest BCUT2D eigenvalue weighted by Gasteiger charge is 2.06. The number of methoxy groups -OCH3 is 1. The fourth-order valence-corrected chi connectivity index (χ4v) is 1.55. The second-order valence-electron chi connectivity index (χ2n) is 3.92. The third-order valence-electron chi connectivity index (χ3n) is 2.58. The van der Waals surface area contributed by atoms with Gasteiger partial charge >= 0.3 is 5.97 Å². The third-order valence-corrected chi connectivity index (χ3v) is 2.58. The van der Waals surface area contributed by atoms with Crippen molar-refractivity contribution in [2.75, 3.05) is 19.0 Å². The van der Waals surface area contributed by atoms with Crippen molar-refractivity contribution in [3.8, 4) is 11.5 Å². The van der Waals surface area contributed by atoms with Crippen LogP contribution < -0.4 is 5.32 Å². The molecule has 19 heavy (non-hydrogen) atoms. The monoisotopic (exact) mass is 261 g/mol. The number of carbonyl (C=O) groups excluding carboxylic acids is 1. The van der Waals surface area contributed by atoms with Gasteiger partial charge in [-0.3, -0.25) is 4.79 Å². The van der Waals surface area contributed by atoms with E-state index in [2.05, 4.69) is 25.2 Å². The van der Waals surface area contributed by atoms with E-state index in [1.807, 2.05) is 23.9 Å². The molecule has 0 aliphatic rings. The number of imidazole rings is 1. The Morgan fingerprint density at radius 1 is 1.42 bits per heavy atom. The summed E-state index contributed by atoms with van der Waals surface area (Å²) in [7, 11) is 3.26. The zero-order valence-electron chi connectivity index (χ0n) is 10.8. The lowest BCUT2D eigenvalue weighted by molar-refractivity contribution is -0.140. The molecule has 0 atom stereocenters. The number of rotatable bonds is 5. The first-order valence-electron chi connectivity index (χ1n) is 5.83. The van der Waals surface area contributed by atoms with E-state index in [4.69, 9.17) is 0 Å². The Morgan fingerprint density at radius 2 is 2.26 bits per heavy atom. The van der Waals surface area contributed by atoms with Crippen LogP contribution in [0.5, 0.6) is 0 Å². The van der Waals surface area contributed by atoms with Crippen LogP contribution in [0.3, 0.4) is 0 Å². The van der Waals surface area contributed by atoms with Gasteiger partial charge in [-0.1, -0.05) is 0 Å². The van der Waals surface area contributed by atoms with Crippen molar-refractivity contribution in [1.82, 2.24) is 19.7 Å². The molecule has 0 saturated heterocycles. The van der Waals surface area contributed by atoms with E-state index >= 15 is 0 Å².